The highest BCUT2D eigenvalue weighted by Crippen LogP contribution is 2.18. The molecule has 3 heteroatoms. The van der Waals surface area contributed by atoms with Gasteiger partial charge in [0, 0.05) is 19.0 Å². The highest BCUT2D eigenvalue weighted by atomic mass is 32.1. The van der Waals surface area contributed by atoms with E-state index in [0.717, 1.165) is 19.0 Å². The Morgan fingerprint density at radius 2 is 2.33 bits per heavy atom. The predicted octanol–water partition coefficient (Wildman–Crippen LogP) is 0.415. The molecule has 0 heterocycles. The van der Waals surface area contributed by atoms with Crippen molar-refractivity contribution in [2.24, 2.45) is 5.73 Å². The summed E-state index contributed by atoms with van der Waals surface area (Å²) in [5.74, 6) is 0. The average Bonchev–Trinajstić information content (AvgIpc) is 2.48. The first kappa shape index (κ1) is 6.96. The Hall–Kier alpha value is -0.150. The van der Waals surface area contributed by atoms with E-state index in [-0.39, 0.29) is 0 Å². The molecule has 0 radical (unpaired) electrons. The van der Waals surface area contributed by atoms with Crippen LogP contribution in [0.3, 0.4) is 0 Å². The first-order valence-electron chi connectivity index (χ1n) is 3.31. The van der Waals surface area contributed by atoms with Gasteiger partial charge in [0.2, 0.25) is 0 Å². The van der Waals surface area contributed by atoms with Crippen LogP contribution in [0.5, 0.6) is 0 Å². The molecule has 2 nitrogen and oxygen atoms in total. The lowest BCUT2D eigenvalue weighted by molar-refractivity contribution is 0.700. The monoisotopic (exact) mass is 144 g/mol. The largest absolute Gasteiger partial charge is 0.393 e. The standard InChI is InChI=1S/C6H12N2S/c7-6(9)3-4-8-5-1-2-5/h5,8H,1-4H2,(H2,7,9). The summed E-state index contributed by atoms with van der Waals surface area (Å²) in [5.41, 5.74) is 5.29. The quantitative estimate of drug-likeness (QED) is 0.561. The van der Waals surface area contributed by atoms with E-state index < -0.39 is 0 Å². The Kier molecular flexibility index (Phi) is 2.42. The zero-order valence-corrected chi connectivity index (χ0v) is 6.21. The molecule has 52 valence electrons. The van der Waals surface area contributed by atoms with E-state index in [2.05, 4.69) is 5.32 Å². The van der Waals surface area contributed by atoms with Gasteiger partial charge in [0.15, 0.2) is 0 Å². The summed E-state index contributed by atoms with van der Waals surface area (Å²) in [6.45, 7) is 0.958. The highest BCUT2D eigenvalue weighted by Gasteiger charge is 2.19. The molecule has 0 unspecified atom stereocenters. The van der Waals surface area contributed by atoms with Crippen LogP contribution in [0, 0.1) is 0 Å². The Bertz CT molecular complexity index is 110. The van der Waals surface area contributed by atoms with Crippen LogP contribution in [0.4, 0.5) is 0 Å². The van der Waals surface area contributed by atoms with Crippen molar-refractivity contribution in [2.75, 3.05) is 6.54 Å². The maximum Gasteiger partial charge on any atom is 0.0740 e. The van der Waals surface area contributed by atoms with Gasteiger partial charge in [0.25, 0.3) is 0 Å². The third-order valence-electron chi connectivity index (χ3n) is 1.38. The molecule has 1 rings (SSSR count). The molecule has 0 aliphatic heterocycles. The van der Waals surface area contributed by atoms with Crippen molar-refractivity contribution >= 4 is 17.2 Å². The fourth-order valence-electron chi connectivity index (χ4n) is 0.687. The number of nitrogens with two attached hydrogens (primary N) is 1. The predicted molar refractivity (Wildman–Crippen MR) is 42.4 cm³/mol. The lowest BCUT2D eigenvalue weighted by Crippen LogP contribution is -2.22. The van der Waals surface area contributed by atoms with Crippen LogP contribution in [0.15, 0.2) is 0 Å². The molecule has 0 atom stereocenters. The summed E-state index contributed by atoms with van der Waals surface area (Å²) < 4.78 is 0. The van der Waals surface area contributed by atoms with Gasteiger partial charge >= 0.3 is 0 Å². The summed E-state index contributed by atoms with van der Waals surface area (Å²) in [6.07, 6.45) is 3.50. The van der Waals surface area contributed by atoms with Gasteiger partial charge in [-0.15, -0.1) is 0 Å². The lowest BCUT2D eigenvalue weighted by Gasteiger charge is -1.98. The Balaban J connectivity index is 1.86. The molecule has 1 aliphatic rings. The van der Waals surface area contributed by atoms with Gasteiger partial charge < -0.3 is 11.1 Å². The van der Waals surface area contributed by atoms with Gasteiger partial charge in [-0.3, -0.25) is 0 Å². The second-order valence-corrected chi connectivity index (χ2v) is 2.97. The average molecular weight is 144 g/mol. The molecule has 0 amide bonds. The molecule has 0 bridgehead atoms. The van der Waals surface area contributed by atoms with Gasteiger partial charge in [-0.05, 0) is 12.8 Å². The molecule has 0 aromatic carbocycles. The number of hydrogen-bond donors (Lipinski definition) is 2. The minimum atomic E-state index is 0.614. The number of thiocarbonyl (C=S) groups is 1. The van der Waals surface area contributed by atoms with Gasteiger partial charge in [0.1, 0.15) is 0 Å². The highest BCUT2D eigenvalue weighted by molar-refractivity contribution is 7.80. The summed E-state index contributed by atoms with van der Waals surface area (Å²) in [4.78, 5) is 0.614. The Morgan fingerprint density at radius 1 is 1.67 bits per heavy atom. The van der Waals surface area contributed by atoms with E-state index in [1.54, 1.807) is 0 Å². The molecule has 1 saturated carbocycles. The Morgan fingerprint density at radius 3 is 2.78 bits per heavy atom. The first-order valence-corrected chi connectivity index (χ1v) is 3.71. The molecule has 0 aromatic rings. The normalized spacial score (nSPS) is 17.8. The van der Waals surface area contributed by atoms with Crippen LogP contribution >= 0.6 is 12.2 Å². The van der Waals surface area contributed by atoms with Gasteiger partial charge in [-0.1, -0.05) is 12.2 Å². The lowest BCUT2D eigenvalue weighted by atomic mass is 10.4. The molecular formula is C6H12N2S. The SMILES string of the molecule is NC(=S)CCNC1CC1. The van der Waals surface area contributed by atoms with E-state index in [9.17, 15) is 0 Å². The second-order valence-electron chi connectivity index (χ2n) is 2.44. The van der Waals surface area contributed by atoms with Crippen molar-refractivity contribution < 1.29 is 0 Å². The smallest absolute Gasteiger partial charge is 0.0740 e. The van der Waals surface area contributed by atoms with Crippen LogP contribution in [0.2, 0.25) is 0 Å². The third kappa shape index (κ3) is 3.43. The molecule has 3 N–H and O–H groups in total. The number of nitrogens with one attached hydrogen (secondary N) is 1. The van der Waals surface area contributed by atoms with E-state index in [4.69, 9.17) is 18.0 Å². The van der Waals surface area contributed by atoms with Gasteiger partial charge in [0.05, 0.1) is 4.99 Å². The zero-order chi connectivity index (χ0) is 6.69. The molecule has 0 aromatic heterocycles. The fraction of sp³-hybridized carbons (Fsp3) is 0.833. The number of rotatable bonds is 4. The maximum atomic E-state index is 5.29. The third-order valence-corrected chi connectivity index (χ3v) is 1.59. The zero-order valence-electron chi connectivity index (χ0n) is 5.39. The fourth-order valence-corrected chi connectivity index (χ4v) is 0.789. The summed E-state index contributed by atoms with van der Waals surface area (Å²) in [7, 11) is 0. The van der Waals surface area contributed by atoms with Crippen LogP contribution in [0.25, 0.3) is 0 Å². The van der Waals surface area contributed by atoms with Crippen molar-refractivity contribution in [3.8, 4) is 0 Å². The van der Waals surface area contributed by atoms with Crippen LogP contribution in [-0.2, 0) is 0 Å². The van der Waals surface area contributed by atoms with Crippen molar-refractivity contribution in [2.45, 2.75) is 25.3 Å². The van der Waals surface area contributed by atoms with E-state index in [1.807, 2.05) is 0 Å². The summed E-state index contributed by atoms with van der Waals surface area (Å²) in [5, 5.41) is 3.32. The molecule has 1 fully saturated rings. The van der Waals surface area contributed by atoms with Crippen molar-refractivity contribution in [1.82, 2.24) is 5.32 Å². The minimum Gasteiger partial charge on any atom is -0.393 e. The van der Waals surface area contributed by atoms with Crippen LogP contribution in [-0.4, -0.2) is 17.6 Å². The Labute approximate surface area is 60.8 Å². The second kappa shape index (κ2) is 3.13. The van der Waals surface area contributed by atoms with E-state index in [1.165, 1.54) is 12.8 Å². The molecular weight excluding hydrogens is 132 g/mol. The first-order chi connectivity index (χ1) is 4.29. The van der Waals surface area contributed by atoms with E-state index in [0.29, 0.717) is 4.99 Å². The molecule has 0 saturated heterocycles. The van der Waals surface area contributed by atoms with Crippen LogP contribution in [0.1, 0.15) is 19.3 Å². The minimum absolute atomic E-state index is 0.614. The molecule has 9 heavy (non-hydrogen) atoms. The van der Waals surface area contributed by atoms with Crippen molar-refractivity contribution in [1.29, 1.82) is 0 Å². The summed E-state index contributed by atoms with van der Waals surface area (Å²) in [6, 6.07) is 0.777. The van der Waals surface area contributed by atoms with Gasteiger partial charge in [-0.2, -0.15) is 0 Å². The van der Waals surface area contributed by atoms with Crippen LogP contribution < -0.4 is 11.1 Å². The van der Waals surface area contributed by atoms with E-state index >= 15 is 0 Å². The van der Waals surface area contributed by atoms with Crippen molar-refractivity contribution in [3.05, 3.63) is 0 Å². The molecule has 0 spiro atoms. The number of hydrogen-bond acceptors (Lipinski definition) is 2. The van der Waals surface area contributed by atoms with Crippen molar-refractivity contribution in [3.63, 3.8) is 0 Å². The molecule has 1 aliphatic carbocycles. The maximum absolute atomic E-state index is 5.29. The van der Waals surface area contributed by atoms with Gasteiger partial charge in [-0.25, -0.2) is 0 Å². The summed E-state index contributed by atoms with van der Waals surface area (Å²) >= 11 is 4.71. The topological polar surface area (TPSA) is 38.0 Å².